The second kappa shape index (κ2) is 14.4. The molecule has 222 valence electrons. The van der Waals surface area contributed by atoms with Gasteiger partial charge in [-0.1, -0.05) is 91.0 Å². The van der Waals surface area contributed by atoms with Crippen molar-refractivity contribution in [1.29, 1.82) is 0 Å². The predicted octanol–water partition coefficient (Wildman–Crippen LogP) is 6.42. The molecule has 0 fully saturated rings. The van der Waals surface area contributed by atoms with Gasteiger partial charge in [0, 0.05) is 31.1 Å². The van der Waals surface area contributed by atoms with Gasteiger partial charge in [-0.3, -0.25) is 14.6 Å². The van der Waals surface area contributed by atoms with Gasteiger partial charge in [0.25, 0.3) is 0 Å². The molecule has 7 heteroatoms. The lowest BCUT2D eigenvalue weighted by molar-refractivity contribution is -0.129. The highest BCUT2D eigenvalue weighted by Crippen LogP contribution is 2.22. The minimum Gasteiger partial charge on any atom is -0.444 e. The van der Waals surface area contributed by atoms with Gasteiger partial charge in [-0.05, 0) is 61.9 Å². The molecule has 0 saturated carbocycles. The summed E-state index contributed by atoms with van der Waals surface area (Å²) in [5.41, 5.74) is 4.97. The molecule has 0 spiro atoms. The van der Waals surface area contributed by atoms with Gasteiger partial charge in [-0.15, -0.1) is 0 Å². The van der Waals surface area contributed by atoms with Crippen molar-refractivity contribution in [3.8, 4) is 22.4 Å². The summed E-state index contributed by atoms with van der Waals surface area (Å²) in [6, 6.07) is 30.7. The highest BCUT2D eigenvalue weighted by atomic mass is 16.6. The molecule has 0 bridgehead atoms. The largest absolute Gasteiger partial charge is 0.444 e. The molecule has 2 N–H and O–H groups in total. The maximum absolute atomic E-state index is 13.7. The molecule has 0 aliphatic carbocycles. The highest BCUT2D eigenvalue weighted by Gasteiger charge is 2.29. The lowest BCUT2D eigenvalue weighted by atomic mass is 9.89. The number of alkyl carbamates (subject to hydrolysis) is 1. The van der Waals surface area contributed by atoms with Crippen LogP contribution in [0.3, 0.4) is 0 Å². The fourth-order valence-electron chi connectivity index (χ4n) is 4.85. The summed E-state index contributed by atoms with van der Waals surface area (Å²) in [6.07, 6.45) is 1.61. The molecule has 43 heavy (non-hydrogen) atoms. The van der Waals surface area contributed by atoms with E-state index in [4.69, 9.17) is 4.74 Å². The molecule has 3 aromatic carbocycles. The zero-order chi connectivity index (χ0) is 30.8. The van der Waals surface area contributed by atoms with E-state index in [0.717, 1.165) is 33.5 Å². The van der Waals surface area contributed by atoms with E-state index < -0.39 is 23.7 Å². The lowest BCUT2D eigenvalue weighted by Crippen LogP contribution is -2.46. The van der Waals surface area contributed by atoms with Crippen LogP contribution in [0.1, 0.15) is 38.3 Å². The van der Waals surface area contributed by atoms with E-state index in [1.807, 2.05) is 97.1 Å². The second-order valence-corrected chi connectivity index (χ2v) is 11.6. The summed E-state index contributed by atoms with van der Waals surface area (Å²) in [5.74, 6) is -1.13. The molecule has 1 heterocycles. The normalized spacial score (nSPS) is 12.6. The maximum Gasteiger partial charge on any atom is 0.408 e. The zero-order valence-corrected chi connectivity index (χ0v) is 25.2. The number of hydrogen-bond donors (Lipinski definition) is 2. The van der Waals surface area contributed by atoms with Gasteiger partial charge in [0.2, 0.25) is 5.91 Å². The van der Waals surface area contributed by atoms with Crippen LogP contribution in [0.5, 0.6) is 0 Å². The third kappa shape index (κ3) is 9.36. The number of ketones is 1. The summed E-state index contributed by atoms with van der Waals surface area (Å²) >= 11 is 0. The summed E-state index contributed by atoms with van der Waals surface area (Å²) in [7, 11) is 1.56. The number of nitrogens with zero attached hydrogens (tertiary/aromatic N) is 1. The molecule has 1 aromatic heterocycles. The number of nitrogens with one attached hydrogen (secondary N) is 2. The third-order valence-corrected chi connectivity index (χ3v) is 7.02. The number of pyridine rings is 1. The van der Waals surface area contributed by atoms with Crippen molar-refractivity contribution in [3.05, 3.63) is 114 Å². The SMILES string of the molecule is CNC(=O)[C@@H](CC(=O)[C@H](Cc1ccc(-c2ccccc2)cc1)NC(=O)OC(C)(C)C)Cc1ccc(-c2ccccc2)nc1. The van der Waals surface area contributed by atoms with Gasteiger partial charge in [-0.2, -0.15) is 0 Å². The molecule has 0 unspecified atom stereocenters. The first-order valence-corrected chi connectivity index (χ1v) is 14.5. The van der Waals surface area contributed by atoms with E-state index >= 15 is 0 Å². The summed E-state index contributed by atoms with van der Waals surface area (Å²) in [4.78, 5) is 44.0. The van der Waals surface area contributed by atoms with Crippen LogP contribution in [0.4, 0.5) is 4.79 Å². The van der Waals surface area contributed by atoms with E-state index in [9.17, 15) is 14.4 Å². The number of amides is 2. The maximum atomic E-state index is 13.7. The van der Waals surface area contributed by atoms with E-state index in [1.54, 1.807) is 34.0 Å². The van der Waals surface area contributed by atoms with Crippen molar-refractivity contribution in [3.63, 3.8) is 0 Å². The Hall–Kier alpha value is -4.78. The molecule has 0 aliphatic rings. The lowest BCUT2D eigenvalue weighted by Gasteiger charge is -2.24. The Morgan fingerprint density at radius 1 is 0.744 bits per heavy atom. The number of hydrogen-bond acceptors (Lipinski definition) is 5. The molecule has 0 radical (unpaired) electrons. The Labute approximate surface area is 253 Å². The average molecular weight is 578 g/mol. The summed E-state index contributed by atoms with van der Waals surface area (Å²) in [5, 5.41) is 5.45. The molecule has 0 aliphatic heterocycles. The van der Waals surface area contributed by atoms with Crippen molar-refractivity contribution in [2.24, 2.45) is 5.92 Å². The predicted molar refractivity (Wildman–Crippen MR) is 169 cm³/mol. The standard InChI is InChI=1S/C36H39N3O4/c1-36(2,3)43-35(42)39-32(22-25-15-18-28(19-16-25)27-11-7-5-8-12-27)33(40)23-30(34(41)37-4)21-26-17-20-31(38-24-26)29-13-9-6-10-14-29/h5-20,24,30,32H,21-23H2,1-4H3,(H,37,41)(H,39,42)/t30-,32+/m1/s1. The number of rotatable bonds is 11. The van der Waals surface area contributed by atoms with Gasteiger partial charge in [0.1, 0.15) is 5.60 Å². The van der Waals surface area contributed by atoms with Crippen molar-refractivity contribution in [1.82, 2.24) is 15.6 Å². The Balaban J connectivity index is 1.51. The van der Waals surface area contributed by atoms with Gasteiger partial charge in [-0.25, -0.2) is 4.79 Å². The van der Waals surface area contributed by atoms with Crippen LogP contribution >= 0.6 is 0 Å². The molecule has 4 rings (SSSR count). The molecule has 2 atom stereocenters. The molecular formula is C36H39N3O4. The van der Waals surface area contributed by atoms with Crippen molar-refractivity contribution in [2.45, 2.75) is 51.7 Å². The third-order valence-electron chi connectivity index (χ3n) is 7.02. The van der Waals surface area contributed by atoms with Crippen molar-refractivity contribution in [2.75, 3.05) is 7.05 Å². The first kappa shape index (κ1) is 31.2. The quantitative estimate of drug-likeness (QED) is 0.215. The Bertz CT molecular complexity index is 1500. The van der Waals surface area contributed by atoms with Crippen LogP contribution in [0, 0.1) is 5.92 Å². The Morgan fingerprint density at radius 3 is 1.88 bits per heavy atom. The number of benzene rings is 3. The van der Waals surface area contributed by atoms with Crippen LogP contribution in [0.15, 0.2) is 103 Å². The second-order valence-electron chi connectivity index (χ2n) is 11.6. The van der Waals surface area contributed by atoms with Crippen LogP contribution in [-0.4, -0.2) is 41.5 Å². The Kier molecular flexibility index (Phi) is 10.4. The van der Waals surface area contributed by atoms with Gasteiger partial charge in [0.05, 0.1) is 11.7 Å². The van der Waals surface area contributed by atoms with E-state index in [2.05, 4.69) is 15.6 Å². The van der Waals surface area contributed by atoms with Crippen molar-refractivity contribution >= 4 is 17.8 Å². The van der Waals surface area contributed by atoms with E-state index in [-0.39, 0.29) is 24.5 Å². The minimum absolute atomic E-state index is 0.0529. The van der Waals surface area contributed by atoms with Crippen molar-refractivity contribution < 1.29 is 19.1 Å². The van der Waals surface area contributed by atoms with Crippen LogP contribution in [-0.2, 0) is 27.2 Å². The number of aromatic nitrogens is 1. The first-order valence-electron chi connectivity index (χ1n) is 14.5. The number of Topliss-reactive ketones (excluding diaryl/α,β-unsaturated/α-hetero) is 1. The molecule has 7 nitrogen and oxygen atoms in total. The number of ether oxygens (including phenoxy) is 1. The van der Waals surface area contributed by atoms with Gasteiger partial charge in [0.15, 0.2) is 5.78 Å². The van der Waals surface area contributed by atoms with Gasteiger partial charge < -0.3 is 15.4 Å². The molecule has 0 saturated heterocycles. The fraction of sp³-hybridized carbons (Fsp3) is 0.278. The molecule has 2 amide bonds. The van der Waals surface area contributed by atoms with Crippen LogP contribution in [0.2, 0.25) is 0 Å². The smallest absolute Gasteiger partial charge is 0.408 e. The highest BCUT2D eigenvalue weighted by molar-refractivity contribution is 5.92. The zero-order valence-electron chi connectivity index (χ0n) is 25.2. The van der Waals surface area contributed by atoms with Crippen LogP contribution in [0.25, 0.3) is 22.4 Å². The average Bonchev–Trinajstić information content (AvgIpc) is 3.00. The summed E-state index contributed by atoms with van der Waals surface area (Å²) in [6.45, 7) is 5.30. The number of carbonyl (C=O) groups excluding carboxylic acids is 3. The molecular weight excluding hydrogens is 538 g/mol. The molecule has 4 aromatic rings. The monoisotopic (exact) mass is 577 g/mol. The van der Waals surface area contributed by atoms with Crippen LogP contribution < -0.4 is 10.6 Å². The topological polar surface area (TPSA) is 97.4 Å². The Morgan fingerprint density at radius 2 is 1.33 bits per heavy atom. The fourth-order valence-corrected chi connectivity index (χ4v) is 4.85. The van der Waals surface area contributed by atoms with E-state index in [1.165, 1.54) is 0 Å². The minimum atomic E-state index is -0.872. The summed E-state index contributed by atoms with van der Waals surface area (Å²) < 4.78 is 5.46. The first-order chi connectivity index (χ1) is 20.6. The van der Waals surface area contributed by atoms with E-state index in [0.29, 0.717) is 6.42 Å². The number of carbonyl (C=O) groups is 3. The van der Waals surface area contributed by atoms with Gasteiger partial charge >= 0.3 is 6.09 Å².